The predicted octanol–water partition coefficient (Wildman–Crippen LogP) is 4.65. The Morgan fingerprint density at radius 3 is 2.38 bits per heavy atom. The van der Waals surface area contributed by atoms with Gasteiger partial charge in [-0.3, -0.25) is 9.36 Å². The molecule has 1 aromatic heterocycles. The summed E-state index contributed by atoms with van der Waals surface area (Å²) in [6.45, 7) is 8.05. The molecule has 6 nitrogen and oxygen atoms in total. The van der Waals surface area contributed by atoms with Gasteiger partial charge in [-0.05, 0) is 55.7 Å². The molecular weight excluding hydrogens is 384 g/mol. The Balaban J connectivity index is 1.84. The average molecular weight is 411 g/mol. The van der Waals surface area contributed by atoms with E-state index in [4.69, 9.17) is 4.74 Å². The first kappa shape index (κ1) is 20.9. The van der Waals surface area contributed by atoms with Gasteiger partial charge in [0.05, 0.1) is 18.0 Å². The lowest BCUT2D eigenvalue weighted by Crippen LogP contribution is -2.30. The summed E-state index contributed by atoms with van der Waals surface area (Å²) in [5.74, 6) is 1.59. The molecule has 0 aliphatic rings. The molecular formula is C22H26N4O2S. The summed E-state index contributed by atoms with van der Waals surface area (Å²) in [4.78, 5) is 13.0. The quantitative estimate of drug-likeness (QED) is 0.574. The summed E-state index contributed by atoms with van der Waals surface area (Å²) in [6.07, 6.45) is 0. The van der Waals surface area contributed by atoms with Crippen LogP contribution >= 0.6 is 11.8 Å². The number of nitrogens with zero attached hydrogens (tertiary/aromatic N) is 3. The van der Waals surface area contributed by atoms with E-state index < -0.39 is 0 Å². The van der Waals surface area contributed by atoms with Crippen LogP contribution in [0.1, 0.15) is 25.2 Å². The number of benzene rings is 2. The standard InChI is InChI=1S/C22H26N4O2S/c1-14(2)20(21(27)23-17-10-12-18(28-5)13-11-17)29-22-25-24-16(4)26(22)19-9-7-6-8-15(19)3/h6-14,20H,1-5H3,(H,23,27). The third-order valence-electron chi connectivity index (χ3n) is 4.61. The SMILES string of the molecule is COc1ccc(NC(=O)C(Sc2nnc(C)n2-c2ccccc2C)C(C)C)cc1. The van der Waals surface area contributed by atoms with Crippen molar-refractivity contribution in [1.82, 2.24) is 14.8 Å². The Morgan fingerprint density at radius 2 is 1.76 bits per heavy atom. The van der Waals surface area contributed by atoms with Crippen molar-refractivity contribution in [2.45, 2.75) is 38.1 Å². The van der Waals surface area contributed by atoms with Crippen LogP contribution in [0.2, 0.25) is 0 Å². The van der Waals surface area contributed by atoms with E-state index in [9.17, 15) is 4.79 Å². The maximum atomic E-state index is 13.0. The second-order valence-corrected chi connectivity index (χ2v) is 8.26. The van der Waals surface area contributed by atoms with Crippen molar-refractivity contribution in [1.29, 1.82) is 0 Å². The third-order valence-corrected chi connectivity index (χ3v) is 6.09. The molecule has 29 heavy (non-hydrogen) atoms. The van der Waals surface area contributed by atoms with E-state index in [0.717, 1.165) is 28.5 Å². The minimum atomic E-state index is -0.316. The molecule has 1 amide bonds. The van der Waals surface area contributed by atoms with Crippen LogP contribution in [0, 0.1) is 19.8 Å². The number of carbonyl (C=O) groups excluding carboxylic acids is 1. The van der Waals surface area contributed by atoms with Crippen molar-refractivity contribution >= 4 is 23.4 Å². The zero-order chi connectivity index (χ0) is 21.0. The van der Waals surface area contributed by atoms with Gasteiger partial charge in [0.2, 0.25) is 5.91 Å². The van der Waals surface area contributed by atoms with Crippen LogP contribution in [0.3, 0.4) is 0 Å². The molecule has 1 atom stereocenters. The smallest absolute Gasteiger partial charge is 0.238 e. The number of ether oxygens (including phenoxy) is 1. The lowest BCUT2D eigenvalue weighted by Gasteiger charge is -2.20. The largest absolute Gasteiger partial charge is 0.497 e. The Kier molecular flexibility index (Phi) is 6.59. The normalized spacial score (nSPS) is 12.1. The van der Waals surface area contributed by atoms with Crippen LogP contribution in [0.5, 0.6) is 5.75 Å². The Morgan fingerprint density at radius 1 is 1.07 bits per heavy atom. The van der Waals surface area contributed by atoms with Gasteiger partial charge in [-0.15, -0.1) is 10.2 Å². The molecule has 1 N–H and O–H groups in total. The van der Waals surface area contributed by atoms with Gasteiger partial charge in [0, 0.05) is 5.69 Å². The predicted molar refractivity (Wildman–Crippen MR) is 117 cm³/mol. The molecule has 0 radical (unpaired) electrons. The van der Waals surface area contributed by atoms with Gasteiger partial charge >= 0.3 is 0 Å². The number of carbonyl (C=O) groups is 1. The molecule has 3 rings (SSSR count). The number of hydrogen-bond acceptors (Lipinski definition) is 5. The topological polar surface area (TPSA) is 69.0 Å². The van der Waals surface area contributed by atoms with Crippen LogP contribution < -0.4 is 10.1 Å². The second kappa shape index (κ2) is 9.13. The van der Waals surface area contributed by atoms with E-state index in [1.165, 1.54) is 11.8 Å². The van der Waals surface area contributed by atoms with Crippen molar-refractivity contribution in [3.63, 3.8) is 0 Å². The Bertz CT molecular complexity index is 983. The first-order chi connectivity index (χ1) is 13.9. The number of amides is 1. The number of aromatic nitrogens is 3. The molecule has 0 bridgehead atoms. The Labute approximate surface area is 175 Å². The van der Waals surface area contributed by atoms with Gasteiger partial charge in [-0.2, -0.15) is 0 Å². The molecule has 152 valence electrons. The lowest BCUT2D eigenvalue weighted by atomic mass is 10.1. The minimum Gasteiger partial charge on any atom is -0.497 e. The highest BCUT2D eigenvalue weighted by molar-refractivity contribution is 8.00. The zero-order valence-corrected chi connectivity index (χ0v) is 18.2. The van der Waals surface area contributed by atoms with E-state index in [-0.39, 0.29) is 17.1 Å². The van der Waals surface area contributed by atoms with E-state index in [1.807, 2.05) is 67.8 Å². The molecule has 0 aliphatic heterocycles. The number of methoxy groups -OCH3 is 1. The zero-order valence-electron chi connectivity index (χ0n) is 17.3. The number of aryl methyl sites for hydroxylation is 2. The van der Waals surface area contributed by atoms with Crippen molar-refractivity contribution in [3.05, 3.63) is 59.9 Å². The molecule has 0 fully saturated rings. The highest BCUT2D eigenvalue weighted by atomic mass is 32.2. The van der Waals surface area contributed by atoms with Crippen LogP contribution in [0.25, 0.3) is 5.69 Å². The fraction of sp³-hybridized carbons (Fsp3) is 0.318. The van der Waals surface area contributed by atoms with Gasteiger partial charge in [-0.25, -0.2) is 0 Å². The molecule has 2 aromatic carbocycles. The number of nitrogens with one attached hydrogen (secondary N) is 1. The molecule has 0 aliphatic carbocycles. The highest BCUT2D eigenvalue weighted by Crippen LogP contribution is 2.31. The van der Waals surface area contributed by atoms with E-state index in [2.05, 4.69) is 28.5 Å². The maximum Gasteiger partial charge on any atom is 0.238 e. The van der Waals surface area contributed by atoms with E-state index in [1.54, 1.807) is 7.11 Å². The van der Waals surface area contributed by atoms with Gasteiger partial charge in [0.1, 0.15) is 11.6 Å². The molecule has 0 spiro atoms. The van der Waals surface area contributed by atoms with E-state index >= 15 is 0 Å². The van der Waals surface area contributed by atoms with Gasteiger partial charge < -0.3 is 10.1 Å². The average Bonchev–Trinajstić information content (AvgIpc) is 3.07. The van der Waals surface area contributed by atoms with Crippen molar-refractivity contribution in [3.8, 4) is 11.4 Å². The summed E-state index contributed by atoms with van der Waals surface area (Å²) in [5.41, 5.74) is 2.88. The maximum absolute atomic E-state index is 13.0. The van der Waals surface area contributed by atoms with Crippen LogP contribution in [-0.4, -0.2) is 33.0 Å². The molecule has 7 heteroatoms. The number of hydrogen-bond donors (Lipinski definition) is 1. The first-order valence-corrected chi connectivity index (χ1v) is 10.4. The molecule has 1 heterocycles. The molecule has 1 unspecified atom stereocenters. The summed E-state index contributed by atoms with van der Waals surface area (Å²) in [7, 11) is 1.62. The summed E-state index contributed by atoms with van der Waals surface area (Å²) < 4.78 is 7.18. The number of anilines is 1. The monoisotopic (exact) mass is 410 g/mol. The van der Waals surface area contributed by atoms with Crippen LogP contribution in [0.4, 0.5) is 5.69 Å². The van der Waals surface area contributed by atoms with E-state index in [0.29, 0.717) is 5.16 Å². The van der Waals surface area contributed by atoms with Gasteiger partial charge in [0.15, 0.2) is 5.16 Å². The van der Waals surface area contributed by atoms with Crippen molar-refractivity contribution in [2.75, 3.05) is 12.4 Å². The molecule has 0 saturated carbocycles. The fourth-order valence-corrected chi connectivity index (χ4v) is 4.09. The minimum absolute atomic E-state index is 0.0628. The molecule has 0 saturated heterocycles. The lowest BCUT2D eigenvalue weighted by molar-refractivity contribution is -0.116. The Hall–Kier alpha value is -2.80. The van der Waals surface area contributed by atoms with Crippen molar-refractivity contribution in [2.24, 2.45) is 5.92 Å². The molecule has 3 aromatic rings. The second-order valence-electron chi connectivity index (χ2n) is 7.15. The number of para-hydroxylation sites is 1. The van der Waals surface area contributed by atoms with Gasteiger partial charge in [-0.1, -0.05) is 43.8 Å². The summed E-state index contributed by atoms with van der Waals surface area (Å²) >= 11 is 1.44. The number of thioether (sulfide) groups is 1. The van der Waals surface area contributed by atoms with Gasteiger partial charge in [0.25, 0.3) is 0 Å². The van der Waals surface area contributed by atoms with Crippen LogP contribution in [0.15, 0.2) is 53.7 Å². The first-order valence-electron chi connectivity index (χ1n) is 9.50. The number of rotatable bonds is 7. The van der Waals surface area contributed by atoms with Crippen molar-refractivity contribution < 1.29 is 9.53 Å². The summed E-state index contributed by atoms with van der Waals surface area (Å²) in [5, 5.41) is 12.0. The third kappa shape index (κ3) is 4.79. The summed E-state index contributed by atoms with van der Waals surface area (Å²) in [6, 6.07) is 15.4. The fourth-order valence-electron chi connectivity index (χ4n) is 3.00. The highest BCUT2D eigenvalue weighted by Gasteiger charge is 2.27. The van der Waals surface area contributed by atoms with Crippen LogP contribution in [-0.2, 0) is 4.79 Å².